The molecule has 1 spiro atoms. The molecule has 4 rings (SSSR count). The Bertz CT molecular complexity index is 589. The van der Waals surface area contributed by atoms with Crippen LogP contribution >= 0.6 is 0 Å². The maximum atomic E-state index is 6.14. The van der Waals surface area contributed by atoms with Gasteiger partial charge in [0.15, 0.2) is 0 Å². The van der Waals surface area contributed by atoms with Gasteiger partial charge in [0.05, 0.1) is 11.2 Å². The minimum atomic E-state index is -0.267. The second-order valence-electron chi connectivity index (χ2n) is 9.82. The van der Waals surface area contributed by atoms with Crippen molar-refractivity contribution in [3.8, 4) is 0 Å². The molecule has 0 radical (unpaired) electrons. The monoisotopic (exact) mass is 326 g/mol. The minimum absolute atomic E-state index is 0.243. The topological polar surface area (TPSA) is 18.5 Å². The first kappa shape index (κ1) is 16.7. The first-order valence-electron chi connectivity index (χ1n) is 9.63. The summed E-state index contributed by atoms with van der Waals surface area (Å²) >= 11 is 0. The van der Waals surface area contributed by atoms with E-state index >= 15 is 0 Å². The van der Waals surface area contributed by atoms with E-state index in [1.807, 2.05) is 0 Å². The van der Waals surface area contributed by atoms with E-state index in [-0.39, 0.29) is 18.3 Å². The van der Waals surface area contributed by atoms with Gasteiger partial charge in [0.1, 0.15) is 0 Å². The molecule has 1 aromatic carbocycles. The van der Waals surface area contributed by atoms with Gasteiger partial charge >= 0.3 is 7.12 Å². The third kappa shape index (κ3) is 2.74. The molecule has 0 N–H and O–H groups in total. The maximum Gasteiger partial charge on any atom is 0.494 e. The summed E-state index contributed by atoms with van der Waals surface area (Å²) in [7, 11) is -0.243. The Kier molecular flexibility index (Phi) is 3.71. The second-order valence-corrected chi connectivity index (χ2v) is 9.82. The molecule has 2 nitrogen and oxygen atoms in total. The molecule has 0 amide bonds. The predicted molar refractivity (Wildman–Crippen MR) is 99.4 cm³/mol. The number of hydrogen-bond donors (Lipinski definition) is 0. The van der Waals surface area contributed by atoms with Gasteiger partial charge in [-0.3, -0.25) is 0 Å². The lowest BCUT2D eigenvalue weighted by Gasteiger charge is -2.57. The normalized spacial score (nSPS) is 36.5. The zero-order valence-corrected chi connectivity index (χ0v) is 15.9. The molecule has 2 saturated carbocycles. The van der Waals surface area contributed by atoms with Gasteiger partial charge in [-0.05, 0) is 88.1 Å². The van der Waals surface area contributed by atoms with Gasteiger partial charge in [-0.2, -0.15) is 0 Å². The van der Waals surface area contributed by atoms with Crippen LogP contribution in [0.1, 0.15) is 65.9 Å². The first-order chi connectivity index (χ1) is 11.2. The van der Waals surface area contributed by atoms with Crippen molar-refractivity contribution in [1.82, 2.24) is 0 Å². The third-order valence-corrected chi connectivity index (χ3v) is 7.04. The zero-order chi connectivity index (χ0) is 17.2. The lowest BCUT2D eigenvalue weighted by molar-refractivity contribution is -0.0611. The van der Waals surface area contributed by atoms with Crippen LogP contribution in [0.4, 0.5) is 0 Å². The molecule has 0 aromatic heterocycles. The fourth-order valence-electron chi connectivity index (χ4n) is 5.18. The van der Waals surface area contributed by atoms with Crippen molar-refractivity contribution in [1.29, 1.82) is 0 Å². The van der Waals surface area contributed by atoms with Crippen molar-refractivity contribution in [2.45, 2.75) is 77.9 Å². The molecule has 1 aromatic rings. The summed E-state index contributed by atoms with van der Waals surface area (Å²) in [5.74, 6) is 1.88. The van der Waals surface area contributed by atoms with E-state index in [0.29, 0.717) is 0 Å². The van der Waals surface area contributed by atoms with Crippen molar-refractivity contribution in [3.63, 3.8) is 0 Å². The standard InChI is InChI=1S/C21H31BO2/c1-15-11-21(12-15)13-17(14-21)10-16-6-8-18(9-7-16)22-23-19(2,3)20(4,5)24-22/h6-9,15,17H,10-14H2,1-5H3. The van der Waals surface area contributed by atoms with Crippen LogP contribution in [0.2, 0.25) is 0 Å². The molecule has 1 saturated heterocycles. The van der Waals surface area contributed by atoms with Crippen molar-refractivity contribution >= 4 is 12.6 Å². The lowest BCUT2D eigenvalue weighted by Crippen LogP contribution is -2.47. The Morgan fingerprint density at radius 1 is 0.917 bits per heavy atom. The molecule has 3 aliphatic rings. The van der Waals surface area contributed by atoms with Gasteiger partial charge in [0.2, 0.25) is 0 Å². The van der Waals surface area contributed by atoms with E-state index in [1.54, 1.807) is 0 Å². The molecule has 130 valence electrons. The molecule has 24 heavy (non-hydrogen) atoms. The average molecular weight is 326 g/mol. The highest BCUT2D eigenvalue weighted by atomic mass is 16.7. The van der Waals surface area contributed by atoms with E-state index in [1.165, 1.54) is 37.7 Å². The van der Waals surface area contributed by atoms with Crippen LogP contribution in [0, 0.1) is 17.3 Å². The van der Waals surface area contributed by atoms with Crippen molar-refractivity contribution in [3.05, 3.63) is 29.8 Å². The van der Waals surface area contributed by atoms with E-state index < -0.39 is 0 Å². The first-order valence-corrected chi connectivity index (χ1v) is 9.63. The van der Waals surface area contributed by atoms with Gasteiger partial charge in [-0.15, -0.1) is 0 Å². The molecular formula is C21H31BO2. The fourth-order valence-corrected chi connectivity index (χ4v) is 5.18. The Hall–Kier alpha value is -0.795. The summed E-state index contributed by atoms with van der Waals surface area (Å²) in [4.78, 5) is 0. The Morgan fingerprint density at radius 3 is 1.96 bits per heavy atom. The van der Waals surface area contributed by atoms with Crippen molar-refractivity contribution in [2.75, 3.05) is 0 Å². The smallest absolute Gasteiger partial charge is 0.399 e. The average Bonchev–Trinajstić information content (AvgIpc) is 2.64. The summed E-state index contributed by atoms with van der Waals surface area (Å²) in [6, 6.07) is 8.93. The van der Waals surface area contributed by atoms with Crippen LogP contribution in [-0.4, -0.2) is 18.3 Å². The summed E-state index contributed by atoms with van der Waals surface area (Å²) in [5, 5.41) is 0. The Balaban J connectivity index is 1.34. The summed E-state index contributed by atoms with van der Waals surface area (Å²) in [6.07, 6.45) is 7.10. The van der Waals surface area contributed by atoms with Crippen molar-refractivity contribution < 1.29 is 9.31 Å². The highest BCUT2D eigenvalue weighted by Gasteiger charge is 2.52. The lowest BCUT2D eigenvalue weighted by atomic mass is 9.48. The summed E-state index contributed by atoms with van der Waals surface area (Å²) in [6.45, 7) is 10.8. The van der Waals surface area contributed by atoms with Gasteiger partial charge in [0.25, 0.3) is 0 Å². The molecule has 1 heterocycles. The van der Waals surface area contributed by atoms with Gasteiger partial charge in [-0.1, -0.05) is 31.2 Å². The molecule has 2 aliphatic carbocycles. The van der Waals surface area contributed by atoms with E-state index in [0.717, 1.165) is 22.7 Å². The highest BCUT2D eigenvalue weighted by Crippen LogP contribution is 2.61. The van der Waals surface area contributed by atoms with E-state index in [9.17, 15) is 0 Å². The maximum absolute atomic E-state index is 6.14. The fraction of sp³-hybridized carbons (Fsp3) is 0.714. The van der Waals surface area contributed by atoms with Crippen LogP contribution < -0.4 is 5.46 Å². The molecule has 3 fully saturated rings. The Morgan fingerprint density at radius 2 is 1.46 bits per heavy atom. The summed E-state index contributed by atoms with van der Waals surface area (Å²) < 4.78 is 12.3. The van der Waals surface area contributed by atoms with Crippen LogP contribution in [0.5, 0.6) is 0 Å². The molecule has 1 aliphatic heterocycles. The number of rotatable bonds is 3. The largest absolute Gasteiger partial charge is 0.494 e. The number of hydrogen-bond acceptors (Lipinski definition) is 2. The predicted octanol–water partition coefficient (Wildman–Crippen LogP) is 4.35. The van der Waals surface area contributed by atoms with Crippen molar-refractivity contribution in [2.24, 2.45) is 17.3 Å². The molecule has 0 unspecified atom stereocenters. The molecule has 0 bridgehead atoms. The SMILES string of the molecule is CC1CC2(C1)CC(Cc1ccc(B3OC(C)(C)C(C)(C)O3)cc1)C2. The molecule has 0 atom stereocenters. The second kappa shape index (κ2) is 5.35. The van der Waals surface area contributed by atoms with Crippen LogP contribution in [0.3, 0.4) is 0 Å². The number of benzene rings is 1. The van der Waals surface area contributed by atoms with Crippen LogP contribution in [0.25, 0.3) is 0 Å². The highest BCUT2D eigenvalue weighted by molar-refractivity contribution is 6.62. The third-order valence-electron chi connectivity index (χ3n) is 7.04. The van der Waals surface area contributed by atoms with E-state index in [4.69, 9.17) is 9.31 Å². The van der Waals surface area contributed by atoms with E-state index in [2.05, 4.69) is 58.9 Å². The molecular weight excluding hydrogens is 295 g/mol. The Labute approximate surface area is 147 Å². The quantitative estimate of drug-likeness (QED) is 0.769. The summed E-state index contributed by atoms with van der Waals surface area (Å²) in [5.41, 5.74) is 2.82. The zero-order valence-electron chi connectivity index (χ0n) is 15.9. The minimum Gasteiger partial charge on any atom is -0.399 e. The molecule has 3 heteroatoms. The van der Waals surface area contributed by atoms with Crippen LogP contribution in [0.15, 0.2) is 24.3 Å². The van der Waals surface area contributed by atoms with Gasteiger partial charge < -0.3 is 9.31 Å². The van der Waals surface area contributed by atoms with Gasteiger partial charge in [-0.25, -0.2) is 0 Å². The van der Waals surface area contributed by atoms with Crippen LogP contribution in [-0.2, 0) is 15.7 Å². The van der Waals surface area contributed by atoms with Gasteiger partial charge in [0, 0.05) is 0 Å².